The molecule has 14 rings (SSSR count). The van der Waals surface area contributed by atoms with E-state index in [1.54, 1.807) is 0 Å². The molecule has 0 saturated heterocycles. The first kappa shape index (κ1) is 41.2. The van der Waals surface area contributed by atoms with Gasteiger partial charge in [-0.05, 0) is 102 Å². The molecule has 14 aromatic rings. The molecule has 0 bridgehead atoms. The molecule has 338 valence electrons. The Kier molecular flexibility index (Phi) is 8.77. The van der Waals surface area contributed by atoms with Crippen LogP contribution in [0.4, 0.5) is 13.2 Å². The molecule has 0 amide bonds. The van der Waals surface area contributed by atoms with Crippen LogP contribution in [0.5, 0.6) is 0 Å². The first-order chi connectivity index (χ1) is 35.3. The maximum Gasteiger partial charge on any atom is 0.416 e. The zero-order chi connectivity index (χ0) is 48.4. The van der Waals surface area contributed by atoms with Crippen LogP contribution in [0.25, 0.3) is 121 Å². The number of aromatic nitrogens is 4. The normalized spacial score (nSPS) is 12.1. The summed E-state index contributed by atoms with van der Waals surface area (Å²) in [7, 11) is 0. The van der Waals surface area contributed by atoms with E-state index in [4.69, 9.17) is 0 Å². The lowest BCUT2D eigenvalue weighted by atomic mass is 9.96. The molecule has 10 aromatic carbocycles. The SMILES string of the molecule is N#Cc1cc(-c2cc(-n3c4ccccc4c4ccc5c(c6ccccc6n5-c5ccccc5)c43)c(C#N)c(-n3c4ccccc4c4ccc5c(c6ccccc6n5-c5ccccc5)c43)c2)cc(C(F)(F)F)c1. The van der Waals surface area contributed by atoms with Crippen LogP contribution in [0.15, 0.2) is 212 Å². The fourth-order valence-electron chi connectivity index (χ4n) is 11.5. The lowest BCUT2D eigenvalue weighted by Crippen LogP contribution is -2.07. The quantitative estimate of drug-likeness (QED) is 0.173. The number of fused-ring (bicyclic) bond motifs is 14. The summed E-state index contributed by atoms with van der Waals surface area (Å²) in [4.78, 5) is 0. The molecule has 9 heteroatoms. The molecule has 72 heavy (non-hydrogen) atoms. The van der Waals surface area contributed by atoms with Crippen LogP contribution in [0.3, 0.4) is 0 Å². The van der Waals surface area contributed by atoms with Crippen LogP contribution >= 0.6 is 0 Å². The van der Waals surface area contributed by atoms with E-state index < -0.39 is 11.7 Å². The number of hydrogen-bond acceptors (Lipinski definition) is 2. The molecule has 0 unspecified atom stereocenters. The van der Waals surface area contributed by atoms with E-state index in [1.165, 1.54) is 6.07 Å². The molecule has 0 aliphatic rings. The van der Waals surface area contributed by atoms with Gasteiger partial charge >= 0.3 is 6.18 Å². The van der Waals surface area contributed by atoms with Crippen LogP contribution in [-0.4, -0.2) is 18.3 Å². The molecule has 0 atom stereocenters. The summed E-state index contributed by atoms with van der Waals surface area (Å²) in [5, 5.41) is 29.9. The zero-order valence-corrected chi connectivity index (χ0v) is 38.0. The number of para-hydroxylation sites is 6. The minimum Gasteiger partial charge on any atom is -0.309 e. The summed E-state index contributed by atoms with van der Waals surface area (Å²) in [5.41, 5.74) is 9.94. The largest absolute Gasteiger partial charge is 0.416 e. The van der Waals surface area contributed by atoms with Gasteiger partial charge in [0.25, 0.3) is 0 Å². The molecule has 4 heterocycles. The van der Waals surface area contributed by atoms with Crippen LogP contribution in [-0.2, 0) is 6.18 Å². The van der Waals surface area contributed by atoms with Crippen molar-refractivity contribution in [2.24, 2.45) is 0 Å². The molecule has 0 aliphatic heterocycles. The molecule has 0 fully saturated rings. The van der Waals surface area contributed by atoms with E-state index >= 15 is 0 Å². The van der Waals surface area contributed by atoms with Crippen LogP contribution in [0, 0.1) is 22.7 Å². The van der Waals surface area contributed by atoms with E-state index in [9.17, 15) is 23.7 Å². The van der Waals surface area contributed by atoms with Crippen molar-refractivity contribution >= 4 is 87.2 Å². The number of rotatable bonds is 5. The maximum absolute atomic E-state index is 14.9. The van der Waals surface area contributed by atoms with E-state index in [-0.39, 0.29) is 11.1 Å². The summed E-state index contributed by atoms with van der Waals surface area (Å²) < 4.78 is 53.3. The summed E-state index contributed by atoms with van der Waals surface area (Å²) in [6.07, 6.45) is -4.74. The van der Waals surface area contributed by atoms with Crippen molar-refractivity contribution < 1.29 is 13.2 Å². The van der Waals surface area contributed by atoms with Gasteiger partial charge in [-0.15, -0.1) is 0 Å². The Hall–Kier alpha value is -9.83. The topological polar surface area (TPSA) is 67.3 Å². The fourth-order valence-corrected chi connectivity index (χ4v) is 11.5. The molecule has 0 N–H and O–H groups in total. The summed E-state index contributed by atoms with van der Waals surface area (Å²) in [5.74, 6) is 0. The number of nitrogens with zero attached hydrogens (tertiary/aromatic N) is 6. The Morgan fingerprint density at radius 3 is 1.18 bits per heavy atom. The first-order valence-electron chi connectivity index (χ1n) is 23.5. The van der Waals surface area contributed by atoms with Gasteiger partial charge in [-0.25, -0.2) is 0 Å². The predicted molar refractivity (Wildman–Crippen MR) is 284 cm³/mol. The van der Waals surface area contributed by atoms with Crippen molar-refractivity contribution in [1.82, 2.24) is 18.3 Å². The smallest absolute Gasteiger partial charge is 0.309 e. The van der Waals surface area contributed by atoms with Gasteiger partial charge in [0.15, 0.2) is 0 Å². The minimum atomic E-state index is -4.74. The highest BCUT2D eigenvalue weighted by molar-refractivity contribution is 6.28. The number of alkyl halides is 3. The van der Waals surface area contributed by atoms with Gasteiger partial charge in [0.05, 0.1) is 72.7 Å². The monoisotopic (exact) mass is 932 g/mol. The molecule has 4 aromatic heterocycles. The minimum absolute atomic E-state index is 0.133. The summed E-state index contributed by atoms with van der Waals surface area (Å²) in [6.45, 7) is 0. The summed E-state index contributed by atoms with van der Waals surface area (Å²) in [6, 6.07) is 73.5. The standard InChI is InChI=1S/C63H35F3N6/c64-63(65,66)41-32-38(36-67)31-39(33-41)40-34-57(71-51-23-11-7-19-44(51)46-27-29-55-59(61(46)71)48-21-9-13-25-53(48)69(55)42-15-3-1-4-16-42)50(37-68)58(35-40)72-52-24-12-8-20-45(52)47-28-30-56-60(62(47)72)49-22-10-14-26-54(49)70(56)43-17-5-2-6-18-43/h1-35H. The number of hydrogen-bond donors (Lipinski definition) is 0. The molecule has 0 aliphatic carbocycles. The lowest BCUT2D eigenvalue weighted by molar-refractivity contribution is -0.137. The van der Waals surface area contributed by atoms with Crippen molar-refractivity contribution in [1.29, 1.82) is 10.5 Å². The van der Waals surface area contributed by atoms with Gasteiger partial charge in [0.1, 0.15) is 11.6 Å². The Bertz CT molecular complexity index is 4440. The zero-order valence-electron chi connectivity index (χ0n) is 38.0. The molecule has 6 nitrogen and oxygen atoms in total. The van der Waals surface area contributed by atoms with Gasteiger partial charge in [0.2, 0.25) is 0 Å². The van der Waals surface area contributed by atoms with Gasteiger partial charge in [-0.1, -0.05) is 121 Å². The molecular formula is C63H35F3N6. The molecule has 0 radical (unpaired) electrons. The average Bonchev–Trinajstić information content (AvgIpc) is 4.15. The van der Waals surface area contributed by atoms with Crippen molar-refractivity contribution in [3.63, 3.8) is 0 Å². The Morgan fingerprint density at radius 2 is 0.750 bits per heavy atom. The summed E-state index contributed by atoms with van der Waals surface area (Å²) >= 11 is 0. The Balaban J connectivity index is 1.20. The maximum atomic E-state index is 14.9. The average molecular weight is 933 g/mol. The van der Waals surface area contributed by atoms with Gasteiger partial charge < -0.3 is 18.3 Å². The molecule has 0 saturated carbocycles. The van der Waals surface area contributed by atoms with E-state index in [2.05, 4.69) is 109 Å². The highest BCUT2D eigenvalue weighted by atomic mass is 19.4. The van der Waals surface area contributed by atoms with Crippen molar-refractivity contribution in [3.05, 3.63) is 229 Å². The van der Waals surface area contributed by atoms with Crippen LogP contribution in [0.1, 0.15) is 16.7 Å². The van der Waals surface area contributed by atoms with E-state index in [0.717, 1.165) is 111 Å². The Labute approximate surface area is 408 Å². The second-order valence-corrected chi connectivity index (χ2v) is 18.2. The van der Waals surface area contributed by atoms with Gasteiger partial charge in [-0.3, -0.25) is 0 Å². The van der Waals surface area contributed by atoms with E-state index in [0.29, 0.717) is 22.5 Å². The van der Waals surface area contributed by atoms with Gasteiger partial charge in [-0.2, -0.15) is 23.7 Å². The first-order valence-corrected chi connectivity index (χ1v) is 23.5. The van der Waals surface area contributed by atoms with Crippen LogP contribution < -0.4 is 0 Å². The third-order valence-corrected chi connectivity index (χ3v) is 14.4. The third kappa shape index (κ3) is 5.83. The lowest BCUT2D eigenvalue weighted by Gasteiger charge is -2.19. The van der Waals surface area contributed by atoms with Crippen molar-refractivity contribution in [2.75, 3.05) is 0 Å². The second kappa shape index (κ2) is 15.3. The predicted octanol–water partition coefficient (Wildman–Crippen LogP) is 16.5. The Morgan fingerprint density at radius 1 is 0.347 bits per heavy atom. The van der Waals surface area contributed by atoms with Crippen LogP contribution in [0.2, 0.25) is 0 Å². The fraction of sp³-hybridized carbons (Fsp3) is 0.0159. The number of nitriles is 2. The third-order valence-electron chi connectivity index (χ3n) is 14.4. The molecule has 0 spiro atoms. The highest BCUT2D eigenvalue weighted by Gasteiger charge is 2.32. The van der Waals surface area contributed by atoms with E-state index in [1.807, 2.05) is 115 Å². The van der Waals surface area contributed by atoms with Crippen molar-refractivity contribution in [3.8, 4) is 46.0 Å². The second-order valence-electron chi connectivity index (χ2n) is 18.2. The highest BCUT2D eigenvalue weighted by Crippen LogP contribution is 2.47. The van der Waals surface area contributed by atoms with Gasteiger partial charge in [0, 0.05) is 54.5 Å². The number of halogens is 3. The number of benzene rings is 10. The molecular weight excluding hydrogens is 898 g/mol. The van der Waals surface area contributed by atoms with Crippen molar-refractivity contribution in [2.45, 2.75) is 6.18 Å².